The van der Waals surface area contributed by atoms with Crippen LogP contribution < -0.4 is 20.1 Å². The average Bonchev–Trinajstić information content (AvgIpc) is 3.50. The highest BCUT2D eigenvalue weighted by Gasteiger charge is 2.29. The fraction of sp³-hybridized carbons (Fsp3) is 0.300. The third kappa shape index (κ3) is 4.17. The molecule has 2 aromatic rings. The number of benzene rings is 2. The van der Waals surface area contributed by atoms with Crippen LogP contribution in [0, 0.1) is 5.92 Å². The Kier molecular flexibility index (Phi) is 4.90. The Balaban J connectivity index is 1.50. The van der Waals surface area contributed by atoms with Crippen LogP contribution in [-0.4, -0.2) is 25.0 Å². The molecule has 0 unspecified atom stereocenters. The van der Waals surface area contributed by atoms with Crippen molar-refractivity contribution in [2.45, 2.75) is 19.3 Å². The lowest BCUT2D eigenvalue weighted by Crippen LogP contribution is -2.15. The molecule has 0 saturated heterocycles. The maximum Gasteiger partial charge on any atom is 0.255 e. The minimum atomic E-state index is -0.325. The minimum Gasteiger partial charge on any atom is -0.490 e. The summed E-state index contributed by atoms with van der Waals surface area (Å²) in [5, 5.41) is 6.00. The van der Waals surface area contributed by atoms with E-state index in [0.717, 1.165) is 19.3 Å². The van der Waals surface area contributed by atoms with Gasteiger partial charge in [-0.2, -0.15) is 0 Å². The van der Waals surface area contributed by atoms with E-state index in [2.05, 4.69) is 10.6 Å². The van der Waals surface area contributed by atoms with E-state index in [1.54, 1.807) is 36.4 Å². The largest absolute Gasteiger partial charge is 0.490 e. The molecular weight excluding hydrogens is 368 g/mol. The Bertz CT molecular complexity index is 896. The molecule has 0 spiro atoms. The van der Waals surface area contributed by atoms with Gasteiger partial charge in [-0.25, -0.2) is 0 Å². The molecule has 2 aliphatic rings. The van der Waals surface area contributed by atoms with Crippen LogP contribution in [0.2, 0.25) is 5.02 Å². The monoisotopic (exact) mass is 386 g/mol. The summed E-state index contributed by atoms with van der Waals surface area (Å²) in [6.07, 6.45) is 2.64. The van der Waals surface area contributed by atoms with Crippen molar-refractivity contribution in [3.8, 4) is 11.5 Å². The standard InChI is InChI=1S/C20H19ClN2O4/c21-15-10-17-18(27-8-2-7-26-17)11-16(15)23-20(25)13-3-1-4-14(9-13)22-19(24)12-5-6-12/h1,3-4,9-12H,2,5-8H2,(H,22,24)(H,23,25). The van der Waals surface area contributed by atoms with Crippen LogP contribution in [-0.2, 0) is 4.79 Å². The Morgan fingerprint density at radius 3 is 2.48 bits per heavy atom. The summed E-state index contributed by atoms with van der Waals surface area (Å²) in [5.74, 6) is 0.897. The van der Waals surface area contributed by atoms with E-state index in [-0.39, 0.29) is 17.7 Å². The Morgan fingerprint density at radius 2 is 1.74 bits per heavy atom. The number of carbonyl (C=O) groups excluding carboxylic acids is 2. The molecule has 0 aromatic heterocycles. The summed E-state index contributed by atoms with van der Waals surface area (Å²) in [5.41, 5.74) is 1.47. The molecular formula is C20H19ClN2O4. The summed E-state index contributed by atoms with van der Waals surface area (Å²) < 4.78 is 11.2. The van der Waals surface area contributed by atoms with Gasteiger partial charge in [-0.05, 0) is 31.0 Å². The van der Waals surface area contributed by atoms with E-state index >= 15 is 0 Å². The molecule has 27 heavy (non-hydrogen) atoms. The Labute approximate surface area is 161 Å². The van der Waals surface area contributed by atoms with Crippen molar-refractivity contribution >= 4 is 34.8 Å². The number of rotatable bonds is 4. The molecule has 7 heteroatoms. The van der Waals surface area contributed by atoms with Crippen LogP contribution >= 0.6 is 11.6 Å². The molecule has 1 aliphatic heterocycles. The number of hydrogen-bond acceptors (Lipinski definition) is 4. The number of halogens is 1. The first kappa shape index (κ1) is 17.7. The van der Waals surface area contributed by atoms with Crippen molar-refractivity contribution in [2.24, 2.45) is 5.92 Å². The van der Waals surface area contributed by atoms with E-state index in [4.69, 9.17) is 21.1 Å². The lowest BCUT2D eigenvalue weighted by molar-refractivity contribution is -0.117. The highest BCUT2D eigenvalue weighted by Crippen LogP contribution is 2.38. The van der Waals surface area contributed by atoms with E-state index in [0.29, 0.717) is 46.7 Å². The van der Waals surface area contributed by atoms with Crippen LogP contribution in [0.4, 0.5) is 11.4 Å². The highest BCUT2D eigenvalue weighted by atomic mass is 35.5. The maximum absolute atomic E-state index is 12.6. The third-order valence-electron chi connectivity index (χ3n) is 4.43. The van der Waals surface area contributed by atoms with Gasteiger partial charge in [0.25, 0.3) is 5.91 Å². The van der Waals surface area contributed by atoms with Gasteiger partial charge in [0.05, 0.1) is 23.9 Å². The van der Waals surface area contributed by atoms with Crippen LogP contribution in [0.3, 0.4) is 0 Å². The van der Waals surface area contributed by atoms with Crippen LogP contribution in [0.1, 0.15) is 29.6 Å². The van der Waals surface area contributed by atoms with Crippen molar-refractivity contribution in [2.75, 3.05) is 23.8 Å². The first-order valence-electron chi connectivity index (χ1n) is 8.91. The molecule has 0 atom stereocenters. The van der Waals surface area contributed by atoms with Gasteiger partial charge in [0.15, 0.2) is 11.5 Å². The third-order valence-corrected chi connectivity index (χ3v) is 4.74. The predicted molar refractivity (Wildman–Crippen MR) is 103 cm³/mol. The number of amides is 2. The molecule has 0 radical (unpaired) electrons. The number of ether oxygens (including phenoxy) is 2. The number of nitrogens with one attached hydrogen (secondary N) is 2. The van der Waals surface area contributed by atoms with Crippen molar-refractivity contribution in [1.29, 1.82) is 0 Å². The highest BCUT2D eigenvalue weighted by molar-refractivity contribution is 6.34. The van der Waals surface area contributed by atoms with Gasteiger partial charge in [0.1, 0.15) is 0 Å². The summed E-state index contributed by atoms with van der Waals surface area (Å²) in [6, 6.07) is 10.1. The van der Waals surface area contributed by atoms with Gasteiger partial charge in [-0.3, -0.25) is 9.59 Å². The van der Waals surface area contributed by atoms with E-state index in [1.807, 2.05) is 0 Å². The van der Waals surface area contributed by atoms with Gasteiger partial charge < -0.3 is 20.1 Å². The topological polar surface area (TPSA) is 76.7 Å². The van der Waals surface area contributed by atoms with Gasteiger partial charge in [-0.1, -0.05) is 17.7 Å². The summed E-state index contributed by atoms with van der Waals surface area (Å²) in [4.78, 5) is 24.5. The Morgan fingerprint density at radius 1 is 1.00 bits per heavy atom. The quantitative estimate of drug-likeness (QED) is 0.829. The zero-order valence-electron chi connectivity index (χ0n) is 14.6. The molecule has 1 aliphatic carbocycles. The predicted octanol–water partition coefficient (Wildman–Crippen LogP) is 4.10. The molecule has 140 valence electrons. The van der Waals surface area contributed by atoms with E-state index in [9.17, 15) is 9.59 Å². The first-order valence-corrected chi connectivity index (χ1v) is 9.29. The molecule has 2 amide bonds. The number of carbonyl (C=O) groups is 2. The smallest absolute Gasteiger partial charge is 0.255 e. The molecule has 2 N–H and O–H groups in total. The second kappa shape index (κ2) is 7.48. The van der Waals surface area contributed by atoms with Crippen molar-refractivity contribution in [3.63, 3.8) is 0 Å². The van der Waals surface area contributed by atoms with Gasteiger partial charge in [0.2, 0.25) is 5.91 Å². The minimum absolute atomic E-state index is 0.00139. The first-order chi connectivity index (χ1) is 13.1. The van der Waals surface area contributed by atoms with Crippen LogP contribution in [0.5, 0.6) is 11.5 Å². The number of fused-ring (bicyclic) bond motifs is 1. The SMILES string of the molecule is O=C(Nc1cc2c(cc1Cl)OCCCO2)c1cccc(NC(=O)C2CC2)c1. The fourth-order valence-corrected chi connectivity index (χ4v) is 3.00. The van der Waals surface area contributed by atoms with Crippen molar-refractivity contribution in [3.05, 3.63) is 47.0 Å². The zero-order valence-corrected chi connectivity index (χ0v) is 15.3. The summed E-state index contributed by atoms with van der Waals surface area (Å²) >= 11 is 6.28. The summed E-state index contributed by atoms with van der Waals surface area (Å²) in [7, 11) is 0. The lowest BCUT2D eigenvalue weighted by atomic mass is 10.1. The number of hydrogen-bond donors (Lipinski definition) is 2. The van der Waals surface area contributed by atoms with Gasteiger partial charge >= 0.3 is 0 Å². The van der Waals surface area contributed by atoms with Crippen molar-refractivity contribution in [1.82, 2.24) is 0 Å². The zero-order chi connectivity index (χ0) is 18.8. The molecule has 1 saturated carbocycles. The lowest BCUT2D eigenvalue weighted by Gasteiger charge is -2.13. The van der Waals surface area contributed by atoms with E-state index < -0.39 is 0 Å². The molecule has 2 aromatic carbocycles. The van der Waals surface area contributed by atoms with E-state index in [1.165, 1.54) is 0 Å². The summed E-state index contributed by atoms with van der Waals surface area (Å²) in [6.45, 7) is 1.11. The second-order valence-electron chi connectivity index (χ2n) is 6.63. The molecule has 4 rings (SSSR count). The number of anilines is 2. The normalized spacial score (nSPS) is 15.6. The fourth-order valence-electron chi connectivity index (χ4n) is 2.80. The average molecular weight is 387 g/mol. The van der Waals surface area contributed by atoms with Crippen LogP contribution in [0.15, 0.2) is 36.4 Å². The van der Waals surface area contributed by atoms with Gasteiger partial charge in [-0.15, -0.1) is 0 Å². The molecule has 0 bridgehead atoms. The molecule has 1 heterocycles. The maximum atomic E-state index is 12.6. The molecule has 6 nitrogen and oxygen atoms in total. The van der Waals surface area contributed by atoms with Gasteiger partial charge in [0, 0.05) is 35.7 Å². The van der Waals surface area contributed by atoms with Crippen molar-refractivity contribution < 1.29 is 19.1 Å². The second-order valence-corrected chi connectivity index (χ2v) is 7.03. The van der Waals surface area contributed by atoms with Crippen LogP contribution in [0.25, 0.3) is 0 Å². The Hall–Kier alpha value is -2.73. The molecule has 1 fully saturated rings.